The molecule has 4 aliphatic carbocycles. The van der Waals surface area contributed by atoms with E-state index in [-0.39, 0.29) is 6.54 Å². The molecule has 7 nitrogen and oxygen atoms in total. The van der Waals surface area contributed by atoms with Crippen molar-refractivity contribution < 1.29 is 19.2 Å². The van der Waals surface area contributed by atoms with Gasteiger partial charge in [-0.15, -0.1) is 6.42 Å². The van der Waals surface area contributed by atoms with E-state index in [2.05, 4.69) is 11.2 Å². The summed E-state index contributed by atoms with van der Waals surface area (Å²) in [6, 6.07) is -0.646. The Balaban J connectivity index is 1.56. The molecule has 5 rings (SSSR count). The molecule has 0 unspecified atom stereocenters. The summed E-state index contributed by atoms with van der Waals surface area (Å²) in [6.45, 7) is -0.449. The van der Waals surface area contributed by atoms with Crippen molar-refractivity contribution in [3.8, 4) is 12.3 Å². The lowest BCUT2D eigenvalue weighted by Gasteiger charge is -2.58. The first-order valence-electron chi connectivity index (χ1n) is 8.83. The number of imide groups is 2. The third-order valence-electron chi connectivity index (χ3n) is 6.22. The van der Waals surface area contributed by atoms with Gasteiger partial charge in [-0.25, -0.2) is 14.6 Å². The molecule has 1 heterocycles. The van der Waals surface area contributed by atoms with Gasteiger partial charge in [-0.3, -0.25) is 14.4 Å². The Morgan fingerprint density at radius 3 is 2.16 bits per heavy atom. The van der Waals surface area contributed by atoms with Crippen molar-refractivity contribution in [3.63, 3.8) is 0 Å². The molecular weight excluding hydrogens is 322 g/mol. The molecule has 0 aromatic carbocycles. The largest absolute Gasteiger partial charge is 0.344 e. The van der Waals surface area contributed by atoms with E-state index in [1.54, 1.807) is 0 Å². The van der Waals surface area contributed by atoms with E-state index in [9.17, 15) is 19.2 Å². The second-order valence-electron chi connectivity index (χ2n) is 7.94. The summed E-state index contributed by atoms with van der Waals surface area (Å²) in [6.07, 6.45) is 11.0. The summed E-state index contributed by atoms with van der Waals surface area (Å²) in [7, 11) is 0. The zero-order valence-electron chi connectivity index (χ0n) is 14.0. The molecule has 5 amide bonds. The van der Waals surface area contributed by atoms with Crippen molar-refractivity contribution >= 4 is 23.8 Å². The van der Waals surface area contributed by atoms with Gasteiger partial charge in [0.2, 0.25) is 5.91 Å². The van der Waals surface area contributed by atoms with Gasteiger partial charge in [0, 0.05) is 0 Å². The highest BCUT2D eigenvalue weighted by atomic mass is 16.2. The van der Waals surface area contributed by atoms with Gasteiger partial charge in [0.05, 0.1) is 12.1 Å². The summed E-state index contributed by atoms with van der Waals surface area (Å²) in [5.74, 6) is 1.64. The third-order valence-corrected chi connectivity index (χ3v) is 6.22. The lowest BCUT2D eigenvalue weighted by Crippen LogP contribution is -2.62. The molecule has 4 saturated carbocycles. The minimum Gasteiger partial charge on any atom is -0.344 e. The second kappa shape index (κ2) is 5.58. The topological polar surface area (TPSA) is 86.8 Å². The van der Waals surface area contributed by atoms with Crippen LogP contribution in [0.4, 0.5) is 4.79 Å². The van der Waals surface area contributed by atoms with E-state index in [0.717, 1.165) is 24.2 Å². The second-order valence-corrected chi connectivity index (χ2v) is 7.94. The van der Waals surface area contributed by atoms with Crippen LogP contribution >= 0.6 is 0 Å². The predicted molar refractivity (Wildman–Crippen MR) is 86.7 cm³/mol. The van der Waals surface area contributed by atoms with Crippen LogP contribution in [0.3, 0.4) is 0 Å². The molecule has 0 atom stereocenters. The van der Waals surface area contributed by atoms with Crippen LogP contribution in [0.1, 0.15) is 38.5 Å². The van der Waals surface area contributed by atoms with E-state index >= 15 is 0 Å². The van der Waals surface area contributed by atoms with Gasteiger partial charge in [-0.2, -0.15) is 0 Å². The Kier molecular flexibility index (Phi) is 3.60. The molecule has 5 aliphatic rings. The molecule has 0 aromatic heterocycles. The number of hydrogen-bond donors (Lipinski definition) is 1. The molecular formula is C18H21N3O4. The van der Waals surface area contributed by atoms with Crippen molar-refractivity contribution in [1.29, 1.82) is 0 Å². The maximum atomic E-state index is 12.8. The Labute approximate surface area is 146 Å². The summed E-state index contributed by atoms with van der Waals surface area (Å²) in [4.78, 5) is 51.5. The molecule has 4 bridgehead atoms. The maximum absolute atomic E-state index is 12.8. The minimum atomic E-state index is -0.906. The van der Waals surface area contributed by atoms with Crippen LogP contribution in [0.25, 0.3) is 0 Å². The predicted octanol–water partition coefficient (Wildman–Crippen LogP) is 0.495. The van der Waals surface area contributed by atoms with E-state index in [4.69, 9.17) is 6.42 Å². The lowest BCUT2D eigenvalue weighted by atomic mass is 9.52. The third kappa shape index (κ3) is 2.43. The van der Waals surface area contributed by atoms with Crippen LogP contribution in [0, 0.1) is 30.1 Å². The van der Waals surface area contributed by atoms with Crippen LogP contribution in [0.5, 0.6) is 0 Å². The molecule has 7 heteroatoms. The highest BCUT2D eigenvalue weighted by Crippen LogP contribution is 2.58. The molecule has 5 fully saturated rings. The molecule has 1 N–H and O–H groups in total. The molecule has 132 valence electrons. The van der Waals surface area contributed by atoms with Crippen molar-refractivity contribution in [2.24, 2.45) is 17.8 Å². The van der Waals surface area contributed by atoms with Gasteiger partial charge in [0.15, 0.2) is 0 Å². The fourth-order valence-electron chi connectivity index (χ4n) is 5.75. The van der Waals surface area contributed by atoms with Gasteiger partial charge in [-0.05, 0) is 56.3 Å². The molecule has 1 saturated heterocycles. The summed E-state index contributed by atoms with van der Waals surface area (Å²) in [5, 5.41) is 2.41. The molecule has 0 spiro atoms. The van der Waals surface area contributed by atoms with Crippen LogP contribution in [0.15, 0.2) is 0 Å². The number of terminal acetylenes is 1. The normalized spacial score (nSPS) is 36.1. The first-order chi connectivity index (χ1) is 11.9. The van der Waals surface area contributed by atoms with Crippen LogP contribution < -0.4 is 5.32 Å². The number of nitrogens with zero attached hydrogens (tertiary/aromatic N) is 2. The van der Waals surface area contributed by atoms with Crippen molar-refractivity contribution in [2.75, 3.05) is 13.1 Å². The van der Waals surface area contributed by atoms with Crippen molar-refractivity contribution in [1.82, 2.24) is 15.1 Å². The van der Waals surface area contributed by atoms with Crippen LogP contribution in [-0.4, -0.2) is 52.2 Å². The number of hydrogen-bond acceptors (Lipinski definition) is 4. The molecule has 1 aliphatic heterocycles. The fraction of sp³-hybridized carbons (Fsp3) is 0.667. The zero-order valence-corrected chi connectivity index (χ0v) is 14.0. The minimum absolute atomic E-state index is 0.0156. The van der Waals surface area contributed by atoms with Gasteiger partial charge in [0.25, 0.3) is 0 Å². The van der Waals surface area contributed by atoms with Crippen molar-refractivity contribution in [2.45, 2.75) is 44.1 Å². The van der Waals surface area contributed by atoms with E-state index in [0.29, 0.717) is 17.8 Å². The van der Waals surface area contributed by atoms with Crippen LogP contribution in [0.2, 0.25) is 0 Å². The number of urea groups is 1. The monoisotopic (exact) mass is 343 g/mol. The quantitative estimate of drug-likeness (QED) is 0.457. The average Bonchev–Trinajstić information content (AvgIpc) is 2.75. The van der Waals surface area contributed by atoms with Gasteiger partial charge in [-0.1, -0.05) is 5.92 Å². The van der Waals surface area contributed by atoms with E-state index in [1.165, 1.54) is 24.2 Å². The lowest BCUT2D eigenvalue weighted by molar-refractivity contribution is -0.150. The highest BCUT2D eigenvalue weighted by Gasteiger charge is 2.61. The average molecular weight is 343 g/mol. The van der Waals surface area contributed by atoms with Crippen molar-refractivity contribution in [3.05, 3.63) is 0 Å². The summed E-state index contributed by atoms with van der Waals surface area (Å²) in [5.41, 5.74) is -0.525. The Bertz CT molecular complexity index is 672. The van der Waals surface area contributed by atoms with Gasteiger partial charge in [0.1, 0.15) is 6.54 Å². The fourth-order valence-corrected chi connectivity index (χ4v) is 5.75. The van der Waals surface area contributed by atoms with E-state index < -0.39 is 35.8 Å². The SMILES string of the molecule is C#CCNC(=O)CN1C(=O)C(=O)N(C23CC4CC(CC(C4)C2)C3)C1=O. The molecule has 0 aromatic rings. The number of carbonyl (C=O) groups is 4. The highest BCUT2D eigenvalue weighted by molar-refractivity contribution is 6.45. The van der Waals surface area contributed by atoms with Crippen LogP contribution in [-0.2, 0) is 14.4 Å². The Hall–Kier alpha value is -2.36. The number of carbonyl (C=O) groups excluding carboxylic acids is 4. The smallest absolute Gasteiger partial charge is 0.335 e. The first kappa shape index (κ1) is 16.1. The zero-order chi connectivity index (χ0) is 17.8. The molecule has 25 heavy (non-hydrogen) atoms. The molecule has 0 radical (unpaired) electrons. The number of nitrogens with one attached hydrogen (secondary N) is 1. The Morgan fingerprint density at radius 1 is 1.08 bits per heavy atom. The van der Waals surface area contributed by atoms with E-state index in [1.807, 2.05) is 0 Å². The van der Waals surface area contributed by atoms with Gasteiger partial charge < -0.3 is 5.32 Å². The maximum Gasteiger partial charge on any atom is 0.335 e. The summed E-state index contributed by atoms with van der Waals surface area (Å²) >= 11 is 0. The summed E-state index contributed by atoms with van der Waals surface area (Å²) < 4.78 is 0. The number of amides is 5. The van der Waals surface area contributed by atoms with Gasteiger partial charge >= 0.3 is 17.8 Å². The first-order valence-corrected chi connectivity index (χ1v) is 8.83. The standard InChI is InChI=1S/C18H21N3O4/c1-2-3-19-14(22)10-20-15(23)16(24)21(17(20)25)18-7-11-4-12(8-18)6-13(5-11)9-18/h1,11-13H,3-10H2,(H,19,22). The Morgan fingerprint density at radius 2 is 1.64 bits per heavy atom. The number of rotatable bonds is 4.